The number of carbonyl (C=O) groups excluding carboxylic acids is 2. The summed E-state index contributed by atoms with van der Waals surface area (Å²) in [7, 11) is 5.74. The van der Waals surface area contributed by atoms with Gasteiger partial charge in [-0.1, -0.05) is 12.1 Å². The van der Waals surface area contributed by atoms with Gasteiger partial charge in [0.1, 0.15) is 48.8 Å². The molecular formula is C54H66N2O20S2. The fourth-order valence-corrected chi connectivity index (χ4v) is 11.1. The third-order valence-electron chi connectivity index (χ3n) is 13.9. The number of aliphatic hydroxyl groups is 8. The zero-order valence-electron chi connectivity index (χ0n) is 44.1. The predicted molar refractivity (Wildman–Crippen MR) is 285 cm³/mol. The molecule has 424 valence electrons. The maximum Gasteiger partial charge on any atom is 0.229 e. The first-order chi connectivity index (χ1) is 37.3. The number of nitrogens with one attached hydrogen (secondary N) is 2. The summed E-state index contributed by atoms with van der Waals surface area (Å²) in [6, 6.07) is 12.7. The first-order valence-electron chi connectivity index (χ1n) is 24.8. The van der Waals surface area contributed by atoms with E-state index in [-0.39, 0.29) is 45.7 Å². The molecule has 2 saturated heterocycles. The molecule has 0 radical (unpaired) electrons. The number of methoxy groups -OCH3 is 4. The molecule has 2 fully saturated rings. The first kappa shape index (κ1) is 59.9. The van der Waals surface area contributed by atoms with Gasteiger partial charge in [-0.15, -0.1) is 23.5 Å². The highest BCUT2D eigenvalue weighted by molar-refractivity contribution is 7.98. The number of benzene rings is 2. The van der Waals surface area contributed by atoms with Crippen molar-refractivity contribution in [2.75, 3.05) is 54.2 Å². The van der Waals surface area contributed by atoms with E-state index in [4.69, 9.17) is 37.9 Å². The van der Waals surface area contributed by atoms with E-state index in [9.17, 15) is 60.0 Å². The normalized spacial score (nSPS) is 26.1. The van der Waals surface area contributed by atoms with E-state index in [0.29, 0.717) is 80.4 Å². The van der Waals surface area contributed by atoms with Gasteiger partial charge in [0.05, 0.1) is 63.5 Å². The Balaban J connectivity index is 0.000000226. The van der Waals surface area contributed by atoms with Gasteiger partial charge in [0.25, 0.3) is 0 Å². The average Bonchev–Trinajstić information content (AvgIpc) is 4.05. The molecule has 0 spiro atoms. The van der Waals surface area contributed by atoms with E-state index in [1.165, 1.54) is 65.8 Å². The van der Waals surface area contributed by atoms with E-state index in [1.54, 1.807) is 36.4 Å². The van der Waals surface area contributed by atoms with Crippen molar-refractivity contribution in [2.45, 2.75) is 123 Å². The van der Waals surface area contributed by atoms with Crippen LogP contribution in [0.4, 0.5) is 0 Å². The van der Waals surface area contributed by atoms with Crippen molar-refractivity contribution in [3.63, 3.8) is 0 Å². The Kier molecular flexibility index (Phi) is 20.0. The van der Waals surface area contributed by atoms with Gasteiger partial charge >= 0.3 is 0 Å². The van der Waals surface area contributed by atoms with Gasteiger partial charge in [-0.05, 0) is 108 Å². The predicted octanol–water partition coefficient (Wildman–Crippen LogP) is 1.51. The van der Waals surface area contributed by atoms with Gasteiger partial charge in [0.15, 0.2) is 33.9 Å². The zero-order chi connectivity index (χ0) is 56.9. The zero-order valence-corrected chi connectivity index (χ0v) is 45.7. The fraction of sp³-hybridized carbons (Fsp3) is 0.481. The third-order valence-corrected chi connectivity index (χ3v) is 15.5. The summed E-state index contributed by atoms with van der Waals surface area (Å²) in [6.45, 7) is 1.63. The van der Waals surface area contributed by atoms with Crippen LogP contribution in [0.15, 0.2) is 67.9 Å². The molecule has 4 aromatic carbocycles. The Labute approximate surface area is 457 Å². The Morgan fingerprint density at radius 1 is 0.551 bits per heavy atom. The van der Waals surface area contributed by atoms with Gasteiger partial charge in [0.2, 0.25) is 35.9 Å². The summed E-state index contributed by atoms with van der Waals surface area (Å²) in [5.74, 6) is 0.701. The number of amides is 2. The fourth-order valence-electron chi connectivity index (χ4n) is 10.2. The second kappa shape index (κ2) is 26.0. The number of aliphatic hydroxyl groups excluding tert-OH is 8. The summed E-state index contributed by atoms with van der Waals surface area (Å²) in [5.41, 5.74) is 5.10. The van der Waals surface area contributed by atoms with Crippen LogP contribution in [0.25, 0.3) is 22.3 Å². The maximum atomic E-state index is 13.0. The van der Waals surface area contributed by atoms with Crippen molar-refractivity contribution in [1.82, 2.24) is 10.6 Å². The summed E-state index contributed by atoms with van der Waals surface area (Å²) in [5, 5.41) is 86.7. The number of carbonyl (C=O) groups is 2. The van der Waals surface area contributed by atoms with Crippen LogP contribution < -0.4 is 49.9 Å². The highest BCUT2D eigenvalue weighted by Gasteiger charge is 2.47. The van der Waals surface area contributed by atoms with E-state index >= 15 is 0 Å². The lowest BCUT2D eigenvalue weighted by atomic mass is 9.95. The monoisotopic (exact) mass is 1130 g/mol. The van der Waals surface area contributed by atoms with Crippen LogP contribution in [-0.4, -0.2) is 168 Å². The van der Waals surface area contributed by atoms with Gasteiger partial charge in [-0.25, -0.2) is 0 Å². The quantitative estimate of drug-likeness (QED) is 0.0800. The molecule has 2 amide bonds. The van der Waals surface area contributed by atoms with Crippen molar-refractivity contribution in [3.8, 4) is 56.8 Å². The second-order valence-corrected chi connectivity index (χ2v) is 20.4. The van der Waals surface area contributed by atoms with Gasteiger partial charge in [-0.3, -0.25) is 19.2 Å². The van der Waals surface area contributed by atoms with E-state index in [0.717, 1.165) is 11.1 Å². The molecule has 22 nitrogen and oxygen atoms in total. The highest BCUT2D eigenvalue weighted by Crippen LogP contribution is 2.53. The van der Waals surface area contributed by atoms with Crippen LogP contribution in [-0.2, 0) is 31.9 Å². The molecule has 0 bridgehead atoms. The number of hydrogen-bond acceptors (Lipinski definition) is 22. The van der Waals surface area contributed by atoms with Crippen molar-refractivity contribution >= 4 is 35.3 Å². The Morgan fingerprint density at radius 2 is 0.910 bits per heavy atom. The minimum Gasteiger partial charge on any atom is -0.492 e. The SMILES string of the molecule is COc1c(O[C@@H]2O[C@H](CO)[C@@H](O)[C@H](O)[C@H]2O)cc2c(c1OC)-c1ccc(SC)c(=O)cc1[C@@H](NC(C)=O)CC2.COc1c(O[C@@H]2O[C@H](CO)[C@@H](O)[C@H](O)[C@H]2O)cc2c(c1OC)-c1ccc(SC)c(=O)cc1[C@@H](NC(C)=O)CC2. The Bertz CT molecular complexity index is 2770. The number of thioether (sulfide) groups is 2. The van der Waals surface area contributed by atoms with Crippen LogP contribution in [0.5, 0.6) is 34.5 Å². The molecule has 2 aliphatic heterocycles. The van der Waals surface area contributed by atoms with Crippen molar-refractivity contribution in [1.29, 1.82) is 0 Å². The molecule has 2 heterocycles. The number of ether oxygens (including phenoxy) is 8. The molecule has 24 heteroatoms. The number of fused-ring (bicyclic) bond motifs is 6. The molecule has 4 aliphatic rings. The Morgan fingerprint density at radius 3 is 1.22 bits per heavy atom. The smallest absolute Gasteiger partial charge is 0.229 e. The maximum absolute atomic E-state index is 13.0. The van der Waals surface area contributed by atoms with Crippen LogP contribution in [0.1, 0.15) is 61.0 Å². The molecule has 0 unspecified atom stereocenters. The molecule has 0 aromatic heterocycles. The lowest BCUT2D eigenvalue weighted by Gasteiger charge is -2.39. The third kappa shape index (κ3) is 12.2. The molecule has 12 atom stereocenters. The molecule has 4 aromatic rings. The van der Waals surface area contributed by atoms with E-state index in [1.807, 2.05) is 24.6 Å². The average molecular weight is 1130 g/mol. The number of hydrogen-bond donors (Lipinski definition) is 10. The topological polar surface area (TPSA) is 328 Å². The minimum atomic E-state index is -1.62. The second-order valence-electron chi connectivity index (χ2n) is 18.7. The number of aryl methyl sites for hydroxylation is 2. The van der Waals surface area contributed by atoms with Crippen LogP contribution in [0.3, 0.4) is 0 Å². The van der Waals surface area contributed by atoms with E-state index < -0.39 is 86.7 Å². The molecule has 10 N–H and O–H groups in total. The standard InChI is InChI=1S/2C27H33NO10S/c2*1-12(30)28-16-7-5-13-9-18(37-27-24(34)23(33)22(32)19(11-29)38-27)25(35-2)26(36-3)21(13)14-6-8-20(39-4)17(31)10-15(14)16/h2*6,8-10,16,19,22-24,27,29,32-34H,5,7,11H2,1-4H3,(H,28,30)/t2*16-,19+,22+,23-,24+,27+/m00/s1. The molecule has 8 rings (SSSR count). The van der Waals surface area contributed by atoms with Crippen molar-refractivity contribution < 1.29 is 88.3 Å². The summed E-state index contributed by atoms with van der Waals surface area (Å²) in [4.78, 5) is 51.1. The van der Waals surface area contributed by atoms with Crippen LogP contribution in [0, 0.1) is 0 Å². The highest BCUT2D eigenvalue weighted by atomic mass is 32.2. The van der Waals surface area contributed by atoms with E-state index in [2.05, 4.69) is 10.6 Å². The summed E-state index contributed by atoms with van der Waals surface area (Å²) >= 11 is 2.64. The lowest BCUT2D eigenvalue weighted by Crippen LogP contribution is -2.60. The van der Waals surface area contributed by atoms with Gasteiger partial charge < -0.3 is 89.4 Å². The molecule has 2 aliphatic carbocycles. The molecular weight excluding hydrogens is 1060 g/mol. The van der Waals surface area contributed by atoms with Crippen LogP contribution >= 0.6 is 23.5 Å². The molecule has 0 saturated carbocycles. The van der Waals surface area contributed by atoms with Crippen LogP contribution in [0.2, 0.25) is 0 Å². The first-order valence-corrected chi connectivity index (χ1v) is 27.2. The van der Waals surface area contributed by atoms with Crippen molar-refractivity contribution in [2.24, 2.45) is 0 Å². The van der Waals surface area contributed by atoms with Crippen molar-refractivity contribution in [3.05, 3.63) is 91.2 Å². The summed E-state index contributed by atoms with van der Waals surface area (Å²) < 4.78 is 45.9. The van der Waals surface area contributed by atoms with Gasteiger partial charge in [0, 0.05) is 25.0 Å². The Hall–Kier alpha value is -5.74. The minimum absolute atomic E-state index is 0.131. The lowest BCUT2D eigenvalue weighted by molar-refractivity contribution is -0.277. The van der Waals surface area contributed by atoms with Gasteiger partial charge in [-0.2, -0.15) is 0 Å². The summed E-state index contributed by atoms with van der Waals surface area (Å²) in [6.07, 6.45) is -9.27. The number of rotatable bonds is 14. The largest absolute Gasteiger partial charge is 0.492 e. The molecule has 78 heavy (non-hydrogen) atoms.